The van der Waals surface area contributed by atoms with E-state index in [0.29, 0.717) is 22.5 Å². The highest BCUT2D eigenvalue weighted by atomic mass is 32.1. The van der Waals surface area contributed by atoms with Gasteiger partial charge in [-0.15, -0.1) is 22.7 Å². The zero-order valence-electron chi connectivity index (χ0n) is 42.9. The number of rotatable bonds is 7. The summed E-state index contributed by atoms with van der Waals surface area (Å²) in [6, 6.07) is 93.4. The molecular formula is C74H42N4S2. The van der Waals surface area contributed by atoms with E-state index >= 15 is 0 Å². The van der Waals surface area contributed by atoms with Crippen molar-refractivity contribution in [2.45, 2.75) is 0 Å². The topological polar surface area (TPSA) is 38.0 Å². The van der Waals surface area contributed by atoms with Gasteiger partial charge in [0.15, 0.2) is 0 Å². The Bertz CT molecular complexity index is 5190. The fourth-order valence-corrected chi connectivity index (χ4v) is 15.1. The molecule has 0 N–H and O–H groups in total. The number of aromatic nitrogens is 2. The number of hydrogen-bond acceptors (Lipinski definition) is 3. The molecular weight excluding hydrogens is 1010 g/mol. The maximum atomic E-state index is 12.4. The summed E-state index contributed by atoms with van der Waals surface area (Å²) in [4.78, 5) is 4.65. The first-order chi connectivity index (χ1) is 39.6. The Morgan fingerprint density at radius 1 is 0.338 bits per heavy atom. The summed E-state index contributed by atoms with van der Waals surface area (Å²) in [5.74, 6) is 0. The molecule has 0 atom stereocenters. The van der Waals surface area contributed by atoms with Gasteiger partial charge in [0.05, 0.1) is 55.0 Å². The number of hydrogen-bond donors (Lipinski definition) is 0. The van der Waals surface area contributed by atoms with E-state index in [1.807, 2.05) is 24.3 Å². The van der Waals surface area contributed by atoms with E-state index in [1.54, 1.807) is 22.7 Å². The lowest BCUT2D eigenvalue weighted by Crippen LogP contribution is -2.09. The van der Waals surface area contributed by atoms with Crippen LogP contribution < -0.4 is 0 Å². The van der Waals surface area contributed by atoms with Gasteiger partial charge in [0.1, 0.15) is 6.07 Å². The van der Waals surface area contributed by atoms with Crippen molar-refractivity contribution in [2.24, 2.45) is 0 Å². The lowest BCUT2D eigenvalue weighted by atomic mass is 9.88. The molecule has 0 unspecified atom stereocenters. The zero-order chi connectivity index (χ0) is 53.0. The van der Waals surface area contributed by atoms with Crippen molar-refractivity contribution < 1.29 is 0 Å². The van der Waals surface area contributed by atoms with Crippen molar-refractivity contribution >= 4 is 112 Å². The molecule has 4 aromatic heterocycles. The lowest BCUT2D eigenvalue weighted by molar-refractivity contribution is 1.14. The third-order valence-electron chi connectivity index (χ3n) is 16.2. The van der Waals surface area contributed by atoms with Crippen LogP contribution >= 0.6 is 22.7 Å². The third kappa shape index (κ3) is 6.84. The molecule has 6 heteroatoms. The molecule has 0 saturated heterocycles. The fourth-order valence-electron chi connectivity index (χ4n) is 12.6. The van der Waals surface area contributed by atoms with Crippen LogP contribution in [0.5, 0.6) is 0 Å². The van der Waals surface area contributed by atoms with E-state index in [-0.39, 0.29) is 0 Å². The number of fused-ring (bicyclic) bond motifs is 14. The number of thiophene rings is 2. The van der Waals surface area contributed by atoms with Gasteiger partial charge in [0.25, 0.3) is 0 Å². The summed E-state index contributed by atoms with van der Waals surface area (Å²) in [5.41, 5.74) is 16.1. The maximum absolute atomic E-state index is 12.4. The van der Waals surface area contributed by atoms with Crippen molar-refractivity contribution in [1.29, 1.82) is 5.26 Å². The Labute approximate surface area is 468 Å². The molecule has 4 nitrogen and oxygen atoms in total. The monoisotopic (exact) mass is 1050 g/mol. The molecule has 0 radical (unpaired) electrons. The minimum atomic E-state index is 0.404. The van der Waals surface area contributed by atoms with Gasteiger partial charge in [-0.05, 0) is 87.0 Å². The molecule has 0 amide bonds. The molecule has 12 aromatic carbocycles. The Kier molecular flexibility index (Phi) is 10.4. The molecule has 0 aliphatic heterocycles. The van der Waals surface area contributed by atoms with E-state index in [2.05, 4.69) is 251 Å². The van der Waals surface area contributed by atoms with Crippen molar-refractivity contribution in [3.8, 4) is 73.1 Å². The van der Waals surface area contributed by atoms with Crippen LogP contribution in [0.3, 0.4) is 0 Å². The Morgan fingerprint density at radius 2 is 0.750 bits per heavy atom. The molecule has 4 heterocycles. The summed E-state index contributed by atoms with van der Waals surface area (Å²) in [6.07, 6.45) is 0. The highest BCUT2D eigenvalue weighted by molar-refractivity contribution is 7.27. The first-order valence-corrected chi connectivity index (χ1v) is 28.4. The third-order valence-corrected chi connectivity index (χ3v) is 18.6. The molecule has 0 saturated carbocycles. The van der Waals surface area contributed by atoms with E-state index in [1.165, 1.54) is 25.7 Å². The molecule has 0 aliphatic rings. The van der Waals surface area contributed by atoms with Gasteiger partial charge < -0.3 is 9.13 Å². The highest BCUT2D eigenvalue weighted by Crippen LogP contribution is 2.55. The molecule has 0 bridgehead atoms. The van der Waals surface area contributed by atoms with Gasteiger partial charge in [-0.2, -0.15) is 5.26 Å². The van der Waals surface area contributed by atoms with Crippen LogP contribution in [0.1, 0.15) is 5.56 Å². The van der Waals surface area contributed by atoms with E-state index < -0.39 is 0 Å². The van der Waals surface area contributed by atoms with Crippen LogP contribution in [0.4, 0.5) is 5.69 Å². The Morgan fingerprint density at radius 3 is 1.25 bits per heavy atom. The van der Waals surface area contributed by atoms with Gasteiger partial charge in [-0.25, -0.2) is 4.85 Å². The van der Waals surface area contributed by atoms with Crippen molar-refractivity contribution in [2.75, 3.05) is 0 Å². The average Bonchev–Trinajstić information content (AvgIpc) is 4.47. The van der Waals surface area contributed by atoms with E-state index in [0.717, 1.165) is 114 Å². The molecule has 0 fully saturated rings. The van der Waals surface area contributed by atoms with Crippen LogP contribution in [-0.2, 0) is 0 Å². The van der Waals surface area contributed by atoms with E-state index in [9.17, 15) is 11.8 Å². The van der Waals surface area contributed by atoms with Gasteiger partial charge in [-0.1, -0.05) is 212 Å². The molecule has 16 rings (SSSR count). The highest BCUT2D eigenvalue weighted by Gasteiger charge is 2.33. The number of benzene rings is 12. The largest absolute Gasteiger partial charge is 0.318 e. The average molecular weight is 1050 g/mol. The first-order valence-electron chi connectivity index (χ1n) is 26.7. The van der Waals surface area contributed by atoms with Crippen LogP contribution in [0.2, 0.25) is 0 Å². The minimum Gasteiger partial charge on any atom is -0.318 e. The second kappa shape index (κ2) is 18.1. The Balaban J connectivity index is 1.14. The van der Waals surface area contributed by atoms with Crippen molar-refractivity contribution in [1.82, 2.24) is 9.13 Å². The lowest BCUT2D eigenvalue weighted by Gasteiger charge is -2.26. The molecule has 0 spiro atoms. The van der Waals surface area contributed by atoms with Crippen LogP contribution in [0.25, 0.3) is 156 Å². The standard InChI is InChI=1S/C74H42N4S2/c1-76-68-66(48-25-13-5-14-26-48)61(44-75)69(67(49-27-15-6-16-28-49)72(68)77-62-38-31-50(45-19-7-2-8-20-45)41-58(62)59-42-51(32-39-63(59)77)46-21-9-3-10-22-46)78-70-54(34-36-56-53-29-17-18-30-64(53)79-73(56)70)55-35-37-57-60-43-52(47-23-11-4-12-24-47)33-40-65(60)80-74(57)71(55)78/h2-43H. The van der Waals surface area contributed by atoms with Gasteiger partial charge in [-0.3, -0.25) is 0 Å². The predicted octanol–water partition coefficient (Wildman–Crippen LogP) is 21.4. The quantitative estimate of drug-likeness (QED) is 0.147. The molecule has 80 heavy (non-hydrogen) atoms. The Hall–Kier alpha value is -10.3. The second-order valence-electron chi connectivity index (χ2n) is 20.4. The van der Waals surface area contributed by atoms with E-state index in [4.69, 9.17) is 0 Å². The van der Waals surface area contributed by atoms with Gasteiger partial charge in [0.2, 0.25) is 5.69 Å². The number of nitriles is 1. The summed E-state index contributed by atoms with van der Waals surface area (Å²) < 4.78 is 9.44. The summed E-state index contributed by atoms with van der Waals surface area (Å²) >= 11 is 3.60. The van der Waals surface area contributed by atoms with Crippen LogP contribution in [0, 0.1) is 17.9 Å². The minimum absolute atomic E-state index is 0.404. The first kappa shape index (κ1) is 45.8. The summed E-state index contributed by atoms with van der Waals surface area (Å²) in [5, 5.41) is 21.4. The summed E-state index contributed by atoms with van der Waals surface area (Å²) in [7, 11) is 0. The molecule has 16 aromatic rings. The molecule has 0 aliphatic carbocycles. The normalized spacial score (nSPS) is 11.7. The zero-order valence-corrected chi connectivity index (χ0v) is 44.5. The van der Waals surface area contributed by atoms with Crippen LogP contribution in [0.15, 0.2) is 255 Å². The molecule has 370 valence electrons. The van der Waals surface area contributed by atoms with Gasteiger partial charge in [0, 0.05) is 63.6 Å². The smallest absolute Gasteiger partial charge is 0.220 e. The predicted molar refractivity (Wildman–Crippen MR) is 339 cm³/mol. The second-order valence-corrected chi connectivity index (χ2v) is 22.6. The summed E-state index contributed by atoms with van der Waals surface area (Å²) in [6.45, 7) is 9.54. The van der Waals surface area contributed by atoms with Crippen LogP contribution in [-0.4, -0.2) is 9.13 Å². The SMILES string of the molecule is [C-]#[N+]c1c(-c2ccccc2)c(C#N)c(-n2c3c(ccc4c5ccccc5sc43)c3ccc4c5cc(-c6ccccc6)ccc5sc4c32)c(-c2ccccc2)c1-n1c2ccc(-c3ccccc3)cc2c2cc(-c3ccccc3)ccc21. The maximum Gasteiger partial charge on any atom is 0.220 e. The fraction of sp³-hybridized carbons (Fsp3) is 0. The number of nitrogens with zero attached hydrogens (tertiary/aromatic N) is 4. The van der Waals surface area contributed by atoms with Crippen molar-refractivity contribution in [3.63, 3.8) is 0 Å². The van der Waals surface area contributed by atoms with Gasteiger partial charge >= 0.3 is 0 Å². The van der Waals surface area contributed by atoms with Crippen molar-refractivity contribution in [3.05, 3.63) is 272 Å².